The van der Waals surface area contributed by atoms with Crippen molar-refractivity contribution in [3.8, 4) is 5.75 Å². The second-order valence-electron chi connectivity index (χ2n) is 10.8. The number of unbranched alkanes of at least 4 members (excludes halogenated alkanes) is 1. The number of ether oxygens (including phenoxy) is 1. The molecule has 192 valence electrons. The van der Waals surface area contributed by atoms with Crippen LogP contribution in [0.25, 0.3) is 11.0 Å². The van der Waals surface area contributed by atoms with Gasteiger partial charge in [-0.1, -0.05) is 56.6 Å². The van der Waals surface area contributed by atoms with Crippen LogP contribution in [0.2, 0.25) is 5.02 Å². The zero-order valence-electron chi connectivity index (χ0n) is 21.8. The zero-order chi connectivity index (χ0) is 26.0. The Labute approximate surface area is 224 Å². The quantitative estimate of drug-likeness (QED) is 0.230. The summed E-state index contributed by atoms with van der Waals surface area (Å²) in [6, 6.07) is 24.1. The summed E-state index contributed by atoms with van der Waals surface area (Å²) < 4.78 is 8.31. The van der Waals surface area contributed by atoms with E-state index in [4.69, 9.17) is 21.3 Å². The van der Waals surface area contributed by atoms with Gasteiger partial charge < -0.3 is 14.2 Å². The molecule has 5 rings (SSSR count). The molecule has 0 saturated carbocycles. The summed E-state index contributed by atoms with van der Waals surface area (Å²) in [5.74, 6) is 2.07. The van der Waals surface area contributed by atoms with Gasteiger partial charge in [0.25, 0.3) is 0 Å². The molecule has 0 bridgehead atoms. The van der Waals surface area contributed by atoms with Gasteiger partial charge in [-0.3, -0.25) is 4.79 Å². The Balaban J connectivity index is 1.24. The van der Waals surface area contributed by atoms with Crippen LogP contribution in [0.5, 0.6) is 5.75 Å². The van der Waals surface area contributed by atoms with E-state index in [1.165, 1.54) is 5.56 Å². The molecule has 6 heteroatoms. The van der Waals surface area contributed by atoms with Crippen LogP contribution in [0.4, 0.5) is 5.69 Å². The highest BCUT2D eigenvalue weighted by molar-refractivity contribution is 6.30. The number of imidazole rings is 1. The minimum Gasteiger partial charge on any atom is -0.494 e. The summed E-state index contributed by atoms with van der Waals surface area (Å²) in [6.45, 7) is 8.78. The smallest absolute Gasteiger partial charge is 0.227 e. The van der Waals surface area contributed by atoms with Crippen molar-refractivity contribution in [2.75, 3.05) is 18.1 Å². The van der Waals surface area contributed by atoms with Gasteiger partial charge in [0, 0.05) is 36.1 Å². The molecular weight excluding hydrogens is 482 g/mol. The van der Waals surface area contributed by atoms with Crippen molar-refractivity contribution in [2.45, 2.75) is 57.9 Å². The van der Waals surface area contributed by atoms with Crippen LogP contribution in [0, 0.1) is 0 Å². The highest BCUT2D eigenvalue weighted by Crippen LogP contribution is 2.34. The number of nitrogens with zero attached hydrogens (tertiary/aromatic N) is 3. The summed E-state index contributed by atoms with van der Waals surface area (Å²) in [4.78, 5) is 19.7. The second-order valence-corrected chi connectivity index (χ2v) is 11.3. The number of carbonyl (C=O) groups excluding carboxylic acids is 1. The van der Waals surface area contributed by atoms with Gasteiger partial charge in [-0.25, -0.2) is 4.98 Å². The summed E-state index contributed by atoms with van der Waals surface area (Å²) in [5, 5.41) is 0.666. The molecule has 37 heavy (non-hydrogen) atoms. The number of anilines is 1. The second kappa shape index (κ2) is 10.6. The number of aromatic nitrogens is 2. The van der Waals surface area contributed by atoms with Gasteiger partial charge in [-0.05, 0) is 72.4 Å². The van der Waals surface area contributed by atoms with E-state index < -0.39 is 0 Å². The Bertz CT molecular complexity index is 1370. The van der Waals surface area contributed by atoms with Crippen molar-refractivity contribution in [2.24, 2.45) is 0 Å². The maximum atomic E-state index is 12.9. The number of para-hydroxylation sites is 2. The number of rotatable bonds is 8. The van der Waals surface area contributed by atoms with Gasteiger partial charge in [0.15, 0.2) is 0 Å². The third kappa shape index (κ3) is 5.67. The number of fused-ring (bicyclic) bond motifs is 1. The average molecular weight is 516 g/mol. The van der Waals surface area contributed by atoms with Crippen molar-refractivity contribution < 1.29 is 9.53 Å². The standard InChI is InChI=1S/C31H34ClN3O2/c1-31(2,3)23-10-16-26(17-11-23)37-19-7-6-18-34-28-9-5-4-8-27(28)33-30(34)22-20-29(36)35(21-22)25-14-12-24(32)13-15-25/h4-5,8-17,22H,6-7,18-21H2,1-3H3. The third-order valence-corrected chi connectivity index (χ3v) is 7.33. The molecule has 4 aromatic rings. The van der Waals surface area contributed by atoms with E-state index in [0.717, 1.165) is 47.7 Å². The number of amides is 1. The zero-order valence-corrected chi connectivity index (χ0v) is 22.5. The molecule has 1 aromatic heterocycles. The maximum Gasteiger partial charge on any atom is 0.227 e. The first-order valence-electron chi connectivity index (χ1n) is 13.0. The molecule has 1 atom stereocenters. The van der Waals surface area contributed by atoms with Crippen molar-refractivity contribution in [1.29, 1.82) is 0 Å². The fourth-order valence-corrected chi connectivity index (χ4v) is 5.13. The minimum atomic E-state index is 0.0492. The fourth-order valence-electron chi connectivity index (χ4n) is 5.01. The molecule has 3 aromatic carbocycles. The van der Waals surface area contributed by atoms with E-state index in [2.05, 4.69) is 61.7 Å². The summed E-state index contributed by atoms with van der Waals surface area (Å²) in [6.07, 6.45) is 2.36. The van der Waals surface area contributed by atoms with Crippen LogP contribution in [0.3, 0.4) is 0 Å². The van der Waals surface area contributed by atoms with E-state index in [9.17, 15) is 4.79 Å². The largest absolute Gasteiger partial charge is 0.494 e. The molecule has 0 N–H and O–H groups in total. The number of benzene rings is 3. The Kier molecular flexibility index (Phi) is 7.25. The fraction of sp³-hybridized carbons (Fsp3) is 0.355. The van der Waals surface area contributed by atoms with E-state index >= 15 is 0 Å². The van der Waals surface area contributed by atoms with Crippen LogP contribution in [0.1, 0.15) is 57.3 Å². The normalized spacial score (nSPS) is 16.1. The topological polar surface area (TPSA) is 47.4 Å². The third-order valence-electron chi connectivity index (χ3n) is 7.08. The molecule has 1 unspecified atom stereocenters. The molecule has 2 heterocycles. The van der Waals surface area contributed by atoms with E-state index in [1.54, 1.807) is 0 Å². The van der Waals surface area contributed by atoms with Gasteiger partial charge in [0.05, 0.1) is 17.6 Å². The molecule has 1 aliphatic heterocycles. The molecule has 0 radical (unpaired) electrons. The maximum absolute atomic E-state index is 12.9. The van der Waals surface area contributed by atoms with E-state index in [1.807, 2.05) is 41.3 Å². The van der Waals surface area contributed by atoms with Crippen LogP contribution < -0.4 is 9.64 Å². The summed E-state index contributed by atoms with van der Waals surface area (Å²) >= 11 is 6.05. The number of carbonyl (C=O) groups is 1. The highest BCUT2D eigenvalue weighted by atomic mass is 35.5. The molecule has 0 spiro atoms. The van der Waals surface area contributed by atoms with Gasteiger partial charge >= 0.3 is 0 Å². The van der Waals surface area contributed by atoms with E-state index in [-0.39, 0.29) is 17.2 Å². The van der Waals surface area contributed by atoms with Crippen LogP contribution in [-0.4, -0.2) is 28.6 Å². The summed E-state index contributed by atoms with van der Waals surface area (Å²) in [7, 11) is 0. The molecular formula is C31H34ClN3O2. The SMILES string of the molecule is CC(C)(C)c1ccc(OCCCCn2c(C3CC(=O)N(c4ccc(Cl)cc4)C3)nc3ccccc32)cc1. The van der Waals surface area contributed by atoms with Crippen molar-refractivity contribution in [3.63, 3.8) is 0 Å². The molecule has 1 saturated heterocycles. The Morgan fingerprint density at radius 1 is 0.973 bits per heavy atom. The average Bonchev–Trinajstić information content (AvgIpc) is 3.44. The first-order chi connectivity index (χ1) is 17.8. The first kappa shape index (κ1) is 25.3. The van der Waals surface area contributed by atoms with Gasteiger partial charge in [0.1, 0.15) is 11.6 Å². The monoisotopic (exact) mass is 515 g/mol. The molecule has 1 fully saturated rings. The van der Waals surface area contributed by atoms with Crippen molar-refractivity contribution in [1.82, 2.24) is 9.55 Å². The van der Waals surface area contributed by atoms with Crippen LogP contribution in [0.15, 0.2) is 72.8 Å². The van der Waals surface area contributed by atoms with Crippen LogP contribution >= 0.6 is 11.6 Å². The summed E-state index contributed by atoms with van der Waals surface area (Å²) in [5.41, 5.74) is 4.42. The predicted octanol–water partition coefficient (Wildman–Crippen LogP) is 7.37. The molecule has 5 nitrogen and oxygen atoms in total. The number of hydrogen-bond acceptors (Lipinski definition) is 3. The number of halogens is 1. The van der Waals surface area contributed by atoms with Gasteiger partial charge in [-0.2, -0.15) is 0 Å². The lowest BCUT2D eigenvalue weighted by atomic mass is 9.87. The van der Waals surface area contributed by atoms with E-state index in [0.29, 0.717) is 24.6 Å². The molecule has 0 aliphatic carbocycles. The van der Waals surface area contributed by atoms with Crippen LogP contribution in [-0.2, 0) is 16.8 Å². The van der Waals surface area contributed by atoms with Gasteiger partial charge in [-0.15, -0.1) is 0 Å². The minimum absolute atomic E-state index is 0.0492. The highest BCUT2D eigenvalue weighted by Gasteiger charge is 2.34. The van der Waals surface area contributed by atoms with Crippen molar-refractivity contribution in [3.05, 3.63) is 89.2 Å². The first-order valence-corrected chi connectivity index (χ1v) is 13.4. The number of aryl methyl sites for hydroxylation is 1. The van der Waals surface area contributed by atoms with Gasteiger partial charge in [0.2, 0.25) is 5.91 Å². The number of hydrogen-bond donors (Lipinski definition) is 0. The lowest BCUT2D eigenvalue weighted by Gasteiger charge is -2.19. The Hall–Kier alpha value is -3.31. The Morgan fingerprint density at radius 2 is 1.70 bits per heavy atom. The molecule has 1 amide bonds. The van der Waals surface area contributed by atoms with Crippen molar-refractivity contribution >= 4 is 34.2 Å². The lowest BCUT2D eigenvalue weighted by molar-refractivity contribution is -0.117. The lowest BCUT2D eigenvalue weighted by Crippen LogP contribution is -2.24. The molecule has 1 aliphatic rings. The Morgan fingerprint density at radius 3 is 2.43 bits per heavy atom. The predicted molar refractivity (Wildman–Crippen MR) is 151 cm³/mol.